The van der Waals surface area contributed by atoms with Crippen LogP contribution in [0, 0.1) is 0 Å². The molecule has 5 rings (SSSR count). The molecule has 0 unspecified atom stereocenters. The van der Waals surface area contributed by atoms with Crippen molar-refractivity contribution in [3.05, 3.63) is 179 Å². The number of hydrogen-bond acceptors (Lipinski definition) is 2. The molecule has 0 aliphatic carbocycles. The highest BCUT2D eigenvalue weighted by molar-refractivity contribution is 5.85. The Labute approximate surface area is 225 Å². The Morgan fingerprint density at radius 2 is 0.658 bits per heavy atom. The third-order valence-corrected chi connectivity index (χ3v) is 6.45. The second-order valence-corrected chi connectivity index (χ2v) is 9.57. The van der Waals surface area contributed by atoms with Gasteiger partial charge in [-0.25, -0.2) is 0 Å². The number of hydrogen-bond donors (Lipinski definition) is 0. The van der Waals surface area contributed by atoms with Gasteiger partial charge in [0.05, 0.1) is 5.97 Å². The second-order valence-electron chi connectivity index (χ2n) is 9.57. The minimum atomic E-state index is -1.13. The van der Waals surface area contributed by atoms with Gasteiger partial charge in [-0.3, -0.25) is 0 Å². The minimum Gasteiger partial charge on any atom is -0.545 e. The van der Waals surface area contributed by atoms with Crippen molar-refractivity contribution in [2.45, 2.75) is 26.2 Å². The molecule has 0 saturated heterocycles. The van der Waals surface area contributed by atoms with Crippen LogP contribution in [-0.4, -0.2) is 10.5 Å². The molecule has 0 N–H and O–H groups in total. The maximum Gasteiger partial charge on any atom is 0.105 e. The fourth-order valence-electron chi connectivity index (χ4n) is 4.79. The molecule has 0 aromatic heterocycles. The van der Waals surface area contributed by atoms with Gasteiger partial charge in [0.1, 0.15) is 26.2 Å². The largest absolute Gasteiger partial charge is 0.545 e. The van der Waals surface area contributed by atoms with E-state index in [1.165, 1.54) is 34.4 Å². The van der Waals surface area contributed by atoms with Crippen molar-refractivity contribution in [2.24, 2.45) is 0 Å². The van der Waals surface area contributed by atoms with Crippen LogP contribution in [-0.2, 0) is 26.2 Å². The molecule has 0 heterocycles. The molecule has 3 heteroatoms. The molecule has 0 saturated carbocycles. The van der Waals surface area contributed by atoms with Gasteiger partial charge < -0.3 is 14.4 Å². The number of aromatic carboxylic acids is 1. The first-order chi connectivity index (χ1) is 18.6. The van der Waals surface area contributed by atoms with E-state index in [1.807, 2.05) is 0 Å². The SMILES string of the molecule is O=C([O-])c1ccccc1.c1ccc(C[N+](Cc2ccccc2)(Cc2ccccc2)Cc2ccccc2)cc1. The average molecular weight is 500 g/mol. The summed E-state index contributed by atoms with van der Waals surface area (Å²) in [5.41, 5.74) is 5.76. The highest BCUT2D eigenvalue weighted by Crippen LogP contribution is 2.27. The molecular formula is C35H33NO2. The summed E-state index contributed by atoms with van der Waals surface area (Å²) in [5.74, 6) is -1.13. The van der Waals surface area contributed by atoms with E-state index in [1.54, 1.807) is 18.2 Å². The zero-order valence-corrected chi connectivity index (χ0v) is 21.5. The van der Waals surface area contributed by atoms with Crippen molar-refractivity contribution in [1.82, 2.24) is 0 Å². The maximum absolute atomic E-state index is 10.1. The van der Waals surface area contributed by atoms with E-state index in [9.17, 15) is 9.90 Å². The number of carboxylic acid groups (broad SMARTS) is 1. The molecular weight excluding hydrogens is 466 g/mol. The number of carbonyl (C=O) groups is 1. The molecule has 0 radical (unpaired) electrons. The summed E-state index contributed by atoms with van der Waals surface area (Å²) in [4.78, 5) is 10.1. The van der Waals surface area contributed by atoms with E-state index in [0.717, 1.165) is 30.7 Å². The van der Waals surface area contributed by atoms with E-state index >= 15 is 0 Å². The Bertz CT molecular complexity index is 1190. The normalized spacial score (nSPS) is 10.7. The molecule has 5 aromatic carbocycles. The number of quaternary nitrogens is 1. The number of benzene rings is 5. The van der Waals surface area contributed by atoms with E-state index < -0.39 is 5.97 Å². The predicted molar refractivity (Wildman–Crippen MR) is 152 cm³/mol. The van der Waals surface area contributed by atoms with Gasteiger partial charge in [-0.2, -0.15) is 0 Å². The Kier molecular flexibility index (Phi) is 9.61. The third kappa shape index (κ3) is 8.29. The molecule has 0 aliphatic heterocycles. The molecule has 0 spiro atoms. The first-order valence-electron chi connectivity index (χ1n) is 12.9. The number of carboxylic acids is 1. The zero-order chi connectivity index (χ0) is 26.5. The van der Waals surface area contributed by atoms with Crippen molar-refractivity contribution < 1.29 is 14.4 Å². The lowest BCUT2D eigenvalue weighted by molar-refractivity contribution is -0.978. The first kappa shape index (κ1) is 26.6. The molecule has 0 atom stereocenters. The molecule has 0 fully saturated rings. The van der Waals surface area contributed by atoms with Gasteiger partial charge in [0.25, 0.3) is 0 Å². The smallest absolute Gasteiger partial charge is 0.105 e. The molecule has 0 bridgehead atoms. The Hall–Kier alpha value is -4.47. The Balaban J connectivity index is 0.000000317. The summed E-state index contributed by atoms with van der Waals surface area (Å²) in [7, 11) is 0. The summed E-state index contributed by atoms with van der Waals surface area (Å²) in [6, 6.07) is 51.7. The summed E-state index contributed by atoms with van der Waals surface area (Å²) < 4.78 is 0.960. The standard InChI is InChI=1S/C28H28N.C7H6O2/c1-5-13-25(14-6-1)21-29(22-26-15-7-2-8-16-26,23-27-17-9-3-10-18-27)24-28-19-11-4-12-20-28;8-7(9)6-4-2-1-3-5-6/h1-20H,21-24H2;1-5H,(H,8,9)/q+1;/p-1. The minimum absolute atomic E-state index is 0.220. The van der Waals surface area contributed by atoms with Crippen molar-refractivity contribution in [2.75, 3.05) is 0 Å². The van der Waals surface area contributed by atoms with Gasteiger partial charge in [0, 0.05) is 22.3 Å². The highest BCUT2D eigenvalue weighted by Gasteiger charge is 2.29. The number of nitrogens with zero attached hydrogens (tertiary/aromatic N) is 1. The van der Waals surface area contributed by atoms with Crippen LogP contribution >= 0.6 is 0 Å². The van der Waals surface area contributed by atoms with Gasteiger partial charge in [0.15, 0.2) is 0 Å². The maximum atomic E-state index is 10.1. The van der Waals surface area contributed by atoms with Gasteiger partial charge in [-0.15, -0.1) is 0 Å². The Morgan fingerprint density at radius 3 is 0.868 bits per heavy atom. The zero-order valence-electron chi connectivity index (χ0n) is 21.5. The van der Waals surface area contributed by atoms with Crippen LogP contribution in [0.4, 0.5) is 0 Å². The number of carbonyl (C=O) groups excluding carboxylic acids is 1. The van der Waals surface area contributed by atoms with E-state index in [2.05, 4.69) is 121 Å². The van der Waals surface area contributed by atoms with Crippen molar-refractivity contribution in [3.63, 3.8) is 0 Å². The predicted octanol–water partition coefficient (Wildman–Crippen LogP) is 6.65. The van der Waals surface area contributed by atoms with Crippen molar-refractivity contribution in [3.8, 4) is 0 Å². The van der Waals surface area contributed by atoms with Crippen LogP contribution < -0.4 is 5.11 Å². The molecule has 0 aliphatic rings. The summed E-state index contributed by atoms with van der Waals surface area (Å²) in [6.07, 6.45) is 0. The first-order valence-corrected chi connectivity index (χ1v) is 12.9. The fourth-order valence-corrected chi connectivity index (χ4v) is 4.79. The summed E-state index contributed by atoms with van der Waals surface area (Å²) >= 11 is 0. The van der Waals surface area contributed by atoms with Crippen LogP contribution in [0.1, 0.15) is 32.6 Å². The molecule has 190 valence electrons. The molecule has 5 aromatic rings. The van der Waals surface area contributed by atoms with Gasteiger partial charge in [0.2, 0.25) is 0 Å². The van der Waals surface area contributed by atoms with Gasteiger partial charge >= 0.3 is 0 Å². The third-order valence-electron chi connectivity index (χ3n) is 6.45. The quantitative estimate of drug-likeness (QED) is 0.213. The average Bonchev–Trinajstić information content (AvgIpc) is 2.96. The van der Waals surface area contributed by atoms with E-state index in [4.69, 9.17) is 0 Å². The Morgan fingerprint density at radius 1 is 0.421 bits per heavy atom. The lowest BCUT2D eigenvalue weighted by Gasteiger charge is -2.39. The van der Waals surface area contributed by atoms with Crippen LogP contribution in [0.5, 0.6) is 0 Å². The lowest BCUT2D eigenvalue weighted by Crippen LogP contribution is -2.45. The van der Waals surface area contributed by atoms with E-state index in [-0.39, 0.29) is 5.56 Å². The van der Waals surface area contributed by atoms with Gasteiger partial charge in [-0.1, -0.05) is 152 Å². The lowest BCUT2D eigenvalue weighted by atomic mass is 10.0. The van der Waals surface area contributed by atoms with Crippen LogP contribution in [0.3, 0.4) is 0 Å². The summed E-state index contributed by atoms with van der Waals surface area (Å²) in [5, 5.41) is 10.1. The van der Waals surface area contributed by atoms with Crippen LogP contribution in [0.2, 0.25) is 0 Å². The van der Waals surface area contributed by atoms with Gasteiger partial charge in [-0.05, 0) is 5.56 Å². The van der Waals surface area contributed by atoms with Crippen LogP contribution in [0.25, 0.3) is 0 Å². The number of rotatable bonds is 9. The second kappa shape index (κ2) is 13.7. The fraction of sp³-hybridized carbons (Fsp3) is 0.114. The topological polar surface area (TPSA) is 40.1 Å². The molecule has 0 amide bonds. The summed E-state index contributed by atoms with van der Waals surface area (Å²) in [6.45, 7) is 4.00. The van der Waals surface area contributed by atoms with Crippen LogP contribution in [0.15, 0.2) is 152 Å². The molecule has 38 heavy (non-hydrogen) atoms. The highest BCUT2D eigenvalue weighted by atomic mass is 16.4. The monoisotopic (exact) mass is 499 g/mol. The van der Waals surface area contributed by atoms with Crippen molar-refractivity contribution in [1.29, 1.82) is 0 Å². The molecule has 3 nitrogen and oxygen atoms in total. The van der Waals surface area contributed by atoms with Crippen molar-refractivity contribution >= 4 is 5.97 Å². The van der Waals surface area contributed by atoms with E-state index in [0.29, 0.717) is 0 Å².